The minimum absolute atomic E-state index is 0.143. The number of aliphatic hydroxyl groups is 2. The first-order valence-electron chi connectivity index (χ1n) is 4.46. The van der Waals surface area contributed by atoms with Crippen LogP contribution in [0, 0.1) is 0 Å². The van der Waals surface area contributed by atoms with Gasteiger partial charge in [-0.2, -0.15) is 0 Å². The van der Waals surface area contributed by atoms with Crippen molar-refractivity contribution >= 4 is 11.4 Å². The molecule has 15 heavy (non-hydrogen) atoms. The summed E-state index contributed by atoms with van der Waals surface area (Å²) in [7, 11) is 1.46. The van der Waals surface area contributed by atoms with Crippen molar-refractivity contribution in [2.45, 2.75) is 12.5 Å². The minimum Gasteiger partial charge on any atom is -0.481 e. The fourth-order valence-corrected chi connectivity index (χ4v) is 1.15. The van der Waals surface area contributed by atoms with Crippen LogP contribution in [0.2, 0.25) is 0 Å². The van der Waals surface area contributed by atoms with Gasteiger partial charge in [-0.25, -0.2) is 4.98 Å². The lowest BCUT2D eigenvalue weighted by molar-refractivity contribution is 0.0948. The van der Waals surface area contributed by atoms with Gasteiger partial charge in [0.15, 0.2) is 0 Å². The summed E-state index contributed by atoms with van der Waals surface area (Å²) in [5, 5.41) is 18.0. The number of nitrogens with zero attached hydrogens (tertiary/aromatic N) is 1. The Morgan fingerprint density at radius 2 is 2.20 bits per heavy atom. The summed E-state index contributed by atoms with van der Waals surface area (Å²) >= 11 is 0. The van der Waals surface area contributed by atoms with Crippen molar-refractivity contribution in [1.82, 2.24) is 4.98 Å². The van der Waals surface area contributed by atoms with E-state index in [1.54, 1.807) is 0 Å². The Bertz CT molecular complexity index is 344. The average Bonchev–Trinajstić information content (AvgIpc) is 2.24. The number of nitrogen functional groups attached to an aromatic ring is 2. The van der Waals surface area contributed by atoms with Crippen molar-refractivity contribution in [3.8, 4) is 5.88 Å². The molecule has 1 rings (SSSR count). The molecule has 1 heterocycles. The average molecular weight is 213 g/mol. The lowest BCUT2D eigenvalue weighted by Crippen LogP contribution is -2.17. The minimum atomic E-state index is -0.897. The monoisotopic (exact) mass is 213 g/mol. The van der Waals surface area contributed by atoms with Crippen LogP contribution in [0.5, 0.6) is 5.88 Å². The Labute approximate surface area is 87.5 Å². The largest absolute Gasteiger partial charge is 0.481 e. The second-order valence-corrected chi connectivity index (χ2v) is 3.15. The highest BCUT2D eigenvalue weighted by Crippen LogP contribution is 2.24. The molecule has 0 fully saturated rings. The first-order chi connectivity index (χ1) is 7.08. The van der Waals surface area contributed by atoms with Gasteiger partial charge in [0, 0.05) is 12.5 Å². The Balaban J connectivity index is 2.99. The second-order valence-electron chi connectivity index (χ2n) is 3.15. The maximum atomic E-state index is 9.26. The molecule has 0 aliphatic rings. The molecule has 0 aromatic carbocycles. The molecule has 0 bridgehead atoms. The fourth-order valence-electron chi connectivity index (χ4n) is 1.15. The van der Waals surface area contributed by atoms with Crippen LogP contribution in [0.1, 0.15) is 5.69 Å². The third-order valence-electron chi connectivity index (χ3n) is 1.99. The molecule has 6 nitrogen and oxygen atoms in total. The summed E-state index contributed by atoms with van der Waals surface area (Å²) in [5.74, 6) is 0.335. The van der Waals surface area contributed by atoms with Gasteiger partial charge in [0.2, 0.25) is 5.88 Å². The van der Waals surface area contributed by atoms with Crippen molar-refractivity contribution < 1.29 is 14.9 Å². The van der Waals surface area contributed by atoms with Gasteiger partial charge in [0.1, 0.15) is 0 Å². The van der Waals surface area contributed by atoms with Gasteiger partial charge < -0.3 is 26.4 Å². The summed E-state index contributed by atoms with van der Waals surface area (Å²) in [5.41, 5.74) is 12.4. The molecule has 0 aliphatic heterocycles. The van der Waals surface area contributed by atoms with Gasteiger partial charge in [-0.3, -0.25) is 0 Å². The van der Waals surface area contributed by atoms with E-state index < -0.39 is 6.10 Å². The number of pyridine rings is 1. The molecule has 0 saturated heterocycles. The van der Waals surface area contributed by atoms with Crippen LogP contribution in [-0.4, -0.2) is 35.0 Å². The predicted octanol–water partition coefficient (Wildman–Crippen LogP) is -0.850. The molecular formula is C9H15N3O3. The SMILES string of the molecule is COc1cc(N)c(N)c(CC(O)CO)n1. The van der Waals surface area contributed by atoms with E-state index in [-0.39, 0.29) is 13.0 Å². The van der Waals surface area contributed by atoms with Crippen LogP contribution >= 0.6 is 0 Å². The van der Waals surface area contributed by atoms with Crippen molar-refractivity contribution in [2.24, 2.45) is 0 Å². The summed E-state index contributed by atoms with van der Waals surface area (Å²) in [6.07, 6.45) is -0.754. The van der Waals surface area contributed by atoms with Crippen LogP contribution in [0.15, 0.2) is 6.07 Å². The summed E-state index contributed by atoms with van der Waals surface area (Å²) in [6, 6.07) is 1.50. The first kappa shape index (κ1) is 11.5. The summed E-state index contributed by atoms with van der Waals surface area (Å²) < 4.78 is 4.92. The number of methoxy groups -OCH3 is 1. The molecule has 0 aliphatic carbocycles. The van der Waals surface area contributed by atoms with Crippen LogP contribution < -0.4 is 16.2 Å². The molecule has 6 heteroatoms. The standard InChI is InChI=1S/C9H15N3O3/c1-15-8-3-6(10)9(11)7(12-8)2-5(14)4-13/h3,5,13-14H,2,4,11H2,1H3,(H2,10,12). The van der Waals surface area contributed by atoms with Crippen molar-refractivity contribution in [1.29, 1.82) is 0 Å². The normalized spacial score (nSPS) is 12.5. The molecule has 1 atom stereocenters. The van der Waals surface area contributed by atoms with E-state index >= 15 is 0 Å². The van der Waals surface area contributed by atoms with Crippen LogP contribution in [0.4, 0.5) is 11.4 Å². The quantitative estimate of drug-likeness (QED) is 0.518. The Hall–Kier alpha value is -1.53. The molecule has 1 aromatic heterocycles. The number of ether oxygens (including phenoxy) is 1. The molecular weight excluding hydrogens is 198 g/mol. The van der Waals surface area contributed by atoms with Crippen LogP contribution in [0.3, 0.4) is 0 Å². The molecule has 84 valence electrons. The third-order valence-corrected chi connectivity index (χ3v) is 1.99. The third kappa shape index (κ3) is 2.71. The zero-order valence-corrected chi connectivity index (χ0v) is 8.47. The van der Waals surface area contributed by atoms with Gasteiger partial charge in [0.25, 0.3) is 0 Å². The number of rotatable bonds is 4. The highest BCUT2D eigenvalue weighted by atomic mass is 16.5. The van der Waals surface area contributed by atoms with E-state index in [9.17, 15) is 5.11 Å². The Morgan fingerprint density at radius 3 is 2.73 bits per heavy atom. The van der Waals surface area contributed by atoms with E-state index in [2.05, 4.69) is 4.98 Å². The number of nitrogens with two attached hydrogens (primary N) is 2. The van der Waals surface area contributed by atoms with Crippen molar-refractivity contribution in [2.75, 3.05) is 25.2 Å². The van der Waals surface area contributed by atoms with Gasteiger partial charge in [0.05, 0.1) is 36.9 Å². The molecule has 0 radical (unpaired) electrons. The fraction of sp³-hybridized carbons (Fsp3) is 0.444. The topological polar surface area (TPSA) is 115 Å². The maximum Gasteiger partial charge on any atom is 0.215 e. The van der Waals surface area contributed by atoms with E-state index in [1.807, 2.05) is 0 Å². The predicted molar refractivity (Wildman–Crippen MR) is 56.4 cm³/mol. The second kappa shape index (κ2) is 4.81. The highest BCUT2D eigenvalue weighted by Gasteiger charge is 2.12. The van der Waals surface area contributed by atoms with Gasteiger partial charge in [-0.05, 0) is 0 Å². The molecule has 1 aromatic rings. The summed E-state index contributed by atoms with van der Waals surface area (Å²) in [4.78, 5) is 4.04. The van der Waals surface area contributed by atoms with E-state index in [0.717, 1.165) is 0 Å². The zero-order valence-electron chi connectivity index (χ0n) is 8.47. The first-order valence-corrected chi connectivity index (χ1v) is 4.46. The number of aromatic nitrogens is 1. The summed E-state index contributed by atoms with van der Waals surface area (Å²) in [6.45, 7) is -0.349. The van der Waals surface area contributed by atoms with Crippen LogP contribution in [-0.2, 0) is 6.42 Å². The highest BCUT2D eigenvalue weighted by molar-refractivity contribution is 5.67. The smallest absolute Gasteiger partial charge is 0.215 e. The molecule has 0 spiro atoms. The molecule has 0 saturated carbocycles. The van der Waals surface area contributed by atoms with Gasteiger partial charge in [-0.15, -0.1) is 0 Å². The van der Waals surface area contributed by atoms with Crippen molar-refractivity contribution in [3.05, 3.63) is 11.8 Å². The van der Waals surface area contributed by atoms with Gasteiger partial charge in [-0.1, -0.05) is 0 Å². The molecule has 6 N–H and O–H groups in total. The number of hydrogen-bond acceptors (Lipinski definition) is 6. The van der Waals surface area contributed by atoms with Crippen molar-refractivity contribution in [3.63, 3.8) is 0 Å². The van der Waals surface area contributed by atoms with Gasteiger partial charge >= 0.3 is 0 Å². The molecule has 0 amide bonds. The lowest BCUT2D eigenvalue weighted by Gasteiger charge is -2.12. The lowest BCUT2D eigenvalue weighted by atomic mass is 10.1. The Morgan fingerprint density at radius 1 is 1.53 bits per heavy atom. The Kier molecular flexibility index (Phi) is 3.70. The van der Waals surface area contributed by atoms with E-state index in [4.69, 9.17) is 21.3 Å². The van der Waals surface area contributed by atoms with Crippen LogP contribution in [0.25, 0.3) is 0 Å². The molecule has 1 unspecified atom stereocenters. The maximum absolute atomic E-state index is 9.26. The van der Waals surface area contributed by atoms with E-state index in [1.165, 1.54) is 13.2 Å². The number of anilines is 2. The number of aliphatic hydroxyl groups excluding tert-OH is 2. The van der Waals surface area contributed by atoms with E-state index in [0.29, 0.717) is 22.9 Å². The number of hydrogen-bond donors (Lipinski definition) is 4. The zero-order chi connectivity index (χ0) is 11.4.